The normalized spacial score (nSPS) is 21.2. The first-order valence-electron chi connectivity index (χ1n) is 12.5. The fourth-order valence-corrected chi connectivity index (χ4v) is 4.87. The summed E-state index contributed by atoms with van der Waals surface area (Å²) in [5, 5.41) is 0. The van der Waals surface area contributed by atoms with E-state index < -0.39 is 0 Å². The third-order valence-corrected chi connectivity index (χ3v) is 6.69. The van der Waals surface area contributed by atoms with Gasteiger partial charge in [-0.1, -0.05) is 17.7 Å². The number of benzene rings is 1. The van der Waals surface area contributed by atoms with E-state index in [1.165, 1.54) is 0 Å². The summed E-state index contributed by atoms with van der Waals surface area (Å²) >= 11 is 0. The molecule has 1 aromatic heterocycles. The molecule has 4 rings (SSSR count). The van der Waals surface area contributed by atoms with Crippen molar-refractivity contribution in [3.63, 3.8) is 0 Å². The van der Waals surface area contributed by atoms with Crippen LogP contribution in [-0.2, 0) is 22.6 Å². The number of pyridine rings is 1. The van der Waals surface area contributed by atoms with Crippen molar-refractivity contribution in [2.45, 2.75) is 53.1 Å². The van der Waals surface area contributed by atoms with Crippen LogP contribution in [0, 0.1) is 13.8 Å². The Kier molecular flexibility index (Phi) is 8.26. The number of carbonyl (C=O) groups excluding carboxylic acids is 1. The highest BCUT2D eigenvalue weighted by Crippen LogP contribution is 2.20. The van der Waals surface area contributed by atoms with Crippen LogP contribution in [0.25, 0.3) is 0 Å². The van der Waals surface area contributed by atoms with Crippen LogP contribution >= 0.6 is 0 Å². The standard InChI is InChI=1S/C27H37N3O5/c1-19-5-7-23(8-6-19)34-18-24-26(27(32)29-16-21(3)35-22(4)17-29)25(31)15-20(2)30(24)10-9-28-11-13-33-14-12-28/h5-8,15,21-22H,9-14,16-18H2,1-4H3/t21-,22+. The maximum Gasteiger partial charge on any atom is 0.259 e. The van der Waals surface area contributed by atoms with Gasteiger partial charge in [0.25, 0.3) is 5.91 Å². The summed E-state index contributed by atoms with van der Waals surface area (Å²) in [6, 6.07) is 9.37. The Balaban J connectivity index is 1.67. The second-order valence-corrected chi connectivity index (χ2v) is 9.65. The van der Waals surface area contributed by atoms with E-state index in [0.717, 1.165) is 44.1 Å². The molecule has 2 fully saturated rings. The monoisotopic (exact) mass is 483 g/mol. The van der Waals surface area contributed by atoms with Gasteiger partial charge < -0.3 is 23.7 Å². The van der Waals surface area contributed by atoms with Gasteiger partial charge in [-0.3, -0.25) is 14.5 Å². The zero-order chi connectivity index (χ0) is 24.9. The molecular formula is C27H37N3O5. The van der Waals surface area contributed by atoms with E-state index in [0.29, 0.717) is 31.1 Å². The zero-order valence-electron chi connectivity index (χ0n) is 21.3. The quantitative estimate of drug-likeness (QED) is 0.603. The number of aryl methyl sites for hydroxylation is 2. The van der Waals surface area contributed by atoms with Crippen LogP contribution in [0.15, 0.2) is 35.1 Å². The average Bonchev–Trinajstić information content (AvgIpc) is 2.83. The van der Waals surface area contributed by atoms with Gasteiger partial charge in [0, 0.05) is 51.0 Å². The number of rotatable bonds is 7. The molecule has 1 aromatic carbocycles. The summed E-state index contributed by atoms with van der Waals surface area (Å²) in [6.07, 6.45) is -0.159. The lowest BCUT2D eigenvalue weighted by atomic mass is 10.1. The van der Waals surface area contributed by atoms with Crippen LogP contribution in [0.1, 0.15) is 41.2 Å². The summed E-state index contributed by atoms with van der Waals surface area (Å²) in [7, 11) is 0. The highest BCUT2D eigenvalue weighted by molar-refractivity contribution is 5.95. The molecule has 2 atom stereocenters. The number of morpholine rings is 2. The lowest BCUT2D eigenvalue weighted by molar-refractivity contribution is -0.0587. The molecule has 2 aliphatic heterocycles. The first-order valence-corrected chi connectivity index (χ1v) is 12.5. The average molecular weight is 484 g/mol. The molecule has 0 N–H and O–H groups in total. The predicted molar refractivity (Wildman–Crippen MR) is 134 cm³/mol. The van der Waals surface area contributed by atoms with Crippen molar-refractivity contribution >= 4 is 5.91 Å². The van der Waals surface area contributed by atoms with Crippen LogP contribution in [0.4, 0.5) is 0 Å². The Morgan fingerprint density at radius 3 is 2.34 bits per heavy atom. The lowest BCUT2D eigenvalue weighted by Crippen LogP contribution is -2.49. The Hall–Kier alpha value is -2.68. The minimum absolute atomic E-state index is 0.0797. The number of hydrogen-bond acceptors (Lipinski definition) is 6. The molecule has 2 saturated heterocycles. The molecule has 3 heterocycles. The second kappa shape index (κ2) is 11.4. The van der Waals surface area contributed by atoms with Crippen LogP contribution in [-0.4, -0.2) is 78.4 Å². The molecule has 0 bridgehead atoms. The second-order valence-electron chi connectivity index (χ2n) is 9.65. The Morgan fingerprint density at radius 2 is 1.69 bits per heavy atom. The molecular weight excluding hydrogens is 446 g/mol. The zero-order valence-corrected chi connectivity index (χ0v) is 21.3. The van der Waals surface area contributed by atoms with Gasteiger partial charge in [0.05, 0.1) is 31.1 Å². The smallest absolute Gasteiger partial charge is 0.259 e. The van der Waals surface area contributed by atoms with Gasteiger partial charge in [0.2, 0.25) is 0 Å². The van der Waals surface area contributed by atoms with Crippen molar-refractivity contribution in [3.05, 3.63) is 63.1 Å². The van der Waals surface area contributed by atoms with Gasteiger partial charge in [-0.15, -0.1) is 0 Å². The van der Waals surface area contributed by atoms with Crippen molar-refractivity contribution < 1.29 is 19.0 Å². The van der Waals surface area contributed by atoms with Crippen molar-refractivity contribution in [2.75, 3.05) is 45.9 Å². The van der Waals surface area contributed by atoms with Crippen LogP contribution in [0.5, 0.6) is 5.75 Å². The summed E-state index contributed by atoms with van der Waals surface area (Å²) in [6.45, 7) is 13.6. The molecule has 2 aliphatic rings. The van der Waals surface area contributed by atoms with Crippen molar-refractivity contribution in [3.8, 4) is 5.75 Å². The van der Waals surface area contributed by atoms with Crippen molar-refractivity contribution in [2.24, 2.45) is 0 Å². The molecule has 0 unspecified atom stereocenters. The van der Waals surface area contributed by atoms with Crippen molar-refractivity contribution in [1.82, 2.24) is 14.4 Å². The van der Waals surface area contributed by atoms with Gasteiger partial charge in [-0.2, -0.15) is 0 Å². The topological polar surface area (TPSA) is 73.2 Å². The van der Waals surface area contributed by atoms with Crippen LogP contribution < -0.4 is 10.2 Å². The van der Waals surface area contributed by atoms with Gasteiger partial charge in [-0.25, -0.2) is 0 Å². The van der Waals surface area contributed by atoms with E-state index in [-0.39, 0.29) is 35.7 Å². The Morgan fingerprint density at radius 1 is 1.03 bits per heavy atom. The maximum absolute atomic E-state index is 13.7. The van der Waals surface area contributed by atoms with Gasteiger partial charge in [0.15, 0.2) is 5.43 Å². The minimum Gasteiger partial charge on any atom is -0.487 e. The van der Waals surface area contributed by atoms with Crippen LogP contribution in [0.3, 0.4) is 0 Å². The van der Waals surface area contributed by atoms with Gasteiger partial charge >= 0.3 is 0 Å². The summed E-state index contributed by atoms with van der Waals surface area (Å²) in [4.78, 5) is 31.1. The fraction of sp³-hybridized carbons (Fsp3) is 0.556. The van der Waals surface area contributed by atoms with E-state index in [9.17, 15) is 9.59 Å². The Bertz CT molecular complexity index is 1070. The molecule has 8 nitrogen and oxygen atoms in total. The molecule has 35 heavy (non-hydrogen) atoms. The summed E-state index contributed by atoms with van der Waals surface area (Å²) in [5.41, 5.74) is 2.53. The summed E-state index contributed by atoms with van der Waals surface area (Å²) < 4.78 is 19.5. The highest BCUT2D eigenvalue weighted by atomic mass is 16.5. The largest absolute Gasteiger partial charge is 0.487 e. The molecule has 0 radical (unpaired) electrons. The molecule has 0 aliphatic carbocycles. The molecule has 1 amide bonds. The van der Waals surface area contributed by atoms with E-state index in [1.54, 1.807) is 11.0 Å². The van der Waals surface area contributed by atoms with Crippen LogP contribution in [0.2, 0.25) is 0 Å². The third kappa shape index (κ3) is 6.31. The summed E-state index contributed by atoms with van der Waals surface area (Å²) in [5.74, 6) is 0.455. The molecule has 190 valence electrons. The van der Waals surface area contributed by atoms with E-state index >= 15 is 0 Å². The van der Waals surface area contributed by atoms with Crippen molar-refractivity contribution in [1.29, 1.82) is 0 Å². The minimum atomic E-state index is -0.260. The fourth-order valence-electron chi connectivity index (χ4n) is 4.87. The number of carbonyl (C=O) groups is 1. The van der Waals surface area contributed by atoms with E-state index in [4.69, 9.17) is 14.2 Å². The third-order valence-electron chi connectivity index (χ3n) is 6.69. The number of nitrogens with zero attached hydrogens (tertiary/aromatic N) is 3. The maximum atomic E-state index is 13.7. The molecule has 0 spiro atoms. The first kappa shape index (κ1) is 25.4. The number of amides is 1. The predicted octanol–water partition coefficient (Wildman–Crippen LogP) is 2.63. The lowest BCUT2D eigenvalue weighted by Gasteiger charge is -2.36. The number of aromatic nitrogens is 1. The molecule has 8 heteroatoms. The van der Waals surface area contributed by atoms with Gasteiger partial charge in [-0.05, 0) is 39.8 Å². The first-order chi connectivity index (χ1) is 16.8. The van der Waals surface area contributed by atoms with E-state index in [2.05, 4.69) is 9.47 Å². The molecule has 0 saturated carbocycles. The van der Waals surface area contributed by atoms with E-state index in [1.807, 2.05) is 52.0 Å². The SMILES string of the molecule is Cc1ccc(OCc2c(C(=O)N3C[C@@H](C)O[C@@H](C)C3)c(=O)cc(C)n2CCN2CCOCC2)cc1. The molecule has 2 aromatic rings. The number of ether oxygens (including phenoxy) is 3. The number of hydrogen-bond donors (Lipinski definition) is 0. The highest BCUT2D eigenvalue weighted by Gasteiger charge is 2.31. The van der Waals surface area contributed by atoms with Gasteiger partial charge in [0.1, 0.15) is 17.9 Å². The Labute approximate surface area is 207 Å².